The maximum absolute atomic E-state index is 13.2. The zero-order valence-corrected chi connectivity index (χ0v) is 17.2. The standard InChI is InChI=1S/C22H18BrNO4/c1-12(2)26-17-6-4-5-15-11-18(27-22(15)17)21(25)19-13(3)28-24-20(19)14-7-9-16(23)10-8-14/h4-12H,1-3H3. The van der Waals surface area contributed by atoms with Gasteiger partial charge in [-0.15, -0.1) is 0 Å². The fourth-order valence-electron chi connectivity index (χ4n) is 3.06. The predicted octanol–water partition coefficient (Wildman–Crippen LogP) is 6.18. The van der Waals surface area contributed by atoms with Crippen LogP contribution in [0.5, 0.6) is 5.75 Å². The van der Waals surface area contributed by atoms with Crippen LogP contribution in [0.1, 0.15) is 35.7 Å². The molecule has 0 atom stereocenters. The van der Waals surface area contributed by atoms with E-state index in [0.29, 0.717) is 28.4 Å². The second kappa shape index (κ2) is 7.28. The Kier molecular flexibility index (Phi) is 4.81. The van der Waals surface area contributed by atoms with E-state index < -0.39 is 0 Å². The number of nitrogens with zero attached hydrogens (tertiary/aromatic N) is 1. The molecule has 28 heavy (non-hydrogen) atoms. The number of hydrogen-bond donors (Lipinski definition) is 0. The molecule has 0 aliphatic heterocycles. The number of hydrogen-bond acceptors (Lipinski definition) is 5. The van der Waals surface area contributed by atoms with Gasteiger partial charge in [-0.2, -0.15) is 0 Å². The molecule has 2 aromatic heterocycles. The molecule has 0 saturated carbocycles. The quantitative estimate of drug-likeness (QED) is 0.347. The highest BCUT2D eigenvalue weighted by Crippen LogP contribution is 2.33. The number of halogens is 1. The first-order valence-electron chi connectivity index (χ1n) is 8.90. The van der Waals surface area contributed by atoms with Crippen LogP contribution in [0.3, 0.4) is 0 Å². The summed E-state index contributed by atoms with van der Waals surface area (Å²) in [5.74, 6) is 1.01. The molecule has 0 saturated heterocycles. The summed E-state index contributed by atoms with van der Waals surface area (Å²) in [6, 6.07) is 14.9. The summed E-state index contributed by atoms with van der Waals surface area (Å²) in [4.78, 5) is 13.2. The fourth-order valence-corrected chi connectivity index (χ4v) is 3.33. The van der Waals surface area contributed by atoms with E-state index in [1.165, 1.54) is 0 Å². The van der Waals surface area contributed by atoms with Crippen LogP contribution in [0.15, 0.2) is 61.9 Å². The number of carbonyl (C=O) groups is 1. The Bertz CT molecular complexity index is 1160. The van der Waals surface area contributed by atoms with Crippen LogP contribution in [0.2, 0.25) is 0 Å². The first-order valence-corrected chi connectivity index (χ1v) is 9.69. The lowest BCUT2D eigenvalue weighted by Crippen LogP contribution is -2.05. The molecule has 0 unspecified atom stereocenters. The van der Waals surface area contributed by atoms with Gasteiger partial charge >= 0.3 is 0 Å². The average molecular weight is 440 g/mol. The number of ketones is 1. The average Bonchev–Trinajstić information content (AvgIpc) is 3.26. The SMILES string of the molecule is Cc1onc(-c2ccc(Br)cc2)c1C(=O)c1cc2cccc(OC(C)C)c2o1. The number of ether oxygens (including phenoxy) is 1. The highest BCUT2D eigenvalue weighted by atomic mass is 79.9. The number of para-hydroxylation sites is 1. The summed E-state index contributed by atoms with van der Waals surface area (Å²) >= 11 is 3.41. The molecule has 0 aliphatic rings. The third-order valence-electron chi connectivity index (χ3n) is 4.30. The fraction of sp³-hybridized carbons (Fsp3) is 0.182. The van der Waals surface area contributed by atoms with Crippen LogP contribution in [0, 0.1) is 6.92 Å². The maximum Gasteiger partial charge on any atom is 0.234 e. The first kappa shape index (κ1) is 18.5. The van der Waals surface area contributed by atoms with Crippen molar-refractivity contribution in [3.8, 4) is 17.0 Å². The summed E-state index contributed by atoms with van der Waals surface area (Å²) in [6.45, 7) is 5.61. The molecule has 0 aliphatic carbocycles. The monoisotopic (exact) mass is 439 g/mol. The normalized spacial score (nSPS) is 11.3. The van der Waals surface area contributed by atoms with Gasteiger partial charge in [-0.05, 0) is 45.0 Å². The summed E-state index contributed by atoms with van der Waals surface area (Å²) in [5.41, 5.74) is 2.24. The van der Waals surface area contributed by atoms with Crippen molar-refractivity contribution in [1.82, 2.24) is 5.16 Å². The summed E-state index contributed by atoms with van der Waals surface area (Å²) in [6.07, 6.45) is -0.000762. The number of aromatic nitrogens is 1. The Balaban J connectivity index is 1.78. The Morgan fingerprint density at radius 2 is 1.89 bits per heavy atom. The molecule has 4 aromatic rings. The summed E-state index contributed by atoms with van der Waals surface area (Å²) in [7, 11) is 0. The molecular weight excluding hydrogens is 422 g/mol. The van der Waals surface area contributed by atoms with Gasteiger partial charge in [0.2, 0.25) is 5.78 Å². The molecule has 0 fully saturated rings. The maximum atomic E-state index is 13.2. The predicted molar refractivity (Wildman–Crippen MR) is 110 cm³/mol. The Hall–Kier alpha value is -2.86. The lowest BCUT2D eigenvalue weighted by Gasteiger charge is -2.09. The van der Waals surface area contributed by atoms with Crippen molar-refractivity contribution in [2.45, 2.75) is 26.9 Å². The van der Waals surface area contributed by atoms with Crippen LogP contribution in [-0.2, 0) is 0 Å². The molecule has 4 rings (SSSR count). The highest BCUT2D eigenvalue weighted by molar-refractivity contribution is 9.10. The Labute approximate surface area is 170 Å². The Morgan fingerprint density at radius 1 is 1.14 bits per heavy atom. The second-order valence-corrected chi connectivity index (χ2v) is 7.67. The zero-order chi connectivity index (χ0) is 19.8. The molecule has 2 heterocycles. The number of benzene rings is 2. The van der Waals surface area contributed by atoms with Gasteiger partial charge in [0.15, 0.2) is 17.1 Å². The van der Waals surface area contributed by atoms with Crippen molar-refractivity contribution in [3.05, 3.63) is 70.1 Å². The lowest BCUT2D eigenvalue weighted by atomic mass is 10.0. The lowest BCUT2D eigenvalue weighted by molar-refractivity contribution is 0.101. The van der Waals surface area contributed by atoms with Gasteiger partial charge in [0, 0.05) is 15.4 Å². The van der Waals surface area contributed by atoms with E-state index in [0.717, 1.165) is 15.4 Å². The van der Waals surface area contributed by atoms with E-state index in [4.69, 9.17) is 13.7 Å². The minimum atomic E-state index is -0.275. The van der Waals surface area contributed by atoms with Crippen LogP contribution in [0.4, 0.5) is 0 Å². The molecular formula is C22H18BrNO4. The zero-order valence-electron chi connectivity index (χ0n) is 15.7. The number of aryl methyl sites for hydroxylation is 1. The molecule has 142 valence electrons. The van der Waals surface area contributed by atoms with Gasteiger partial charge in [0.05, 0.1) is 11.7 Å². The summed E-state index contributed by atoms with van der Waals surface area (Å²) in [5, 5.41) is 4.90. The summed E-state index contributed by atoms with van der Waals surface area (Å²) < 4.78 is 18.0. The van der Waals surface area contributed by atoms with Crippen LogP contribution in [0.25, 0.3) is 22.2 Å². The molecule has 0 bridgehead atoms. The van der Waals surface area contributed by atoms with Crippen LogP contribution >= 0.6 is 15.9 Å². The van der Waals surface area contributed by atoms with Crippen molar-refractivity contribution >= 4 is 32.7 Å². The van der Waals surface area contributed by atoms with Crippen molar-refractivity contribution < 1.29 is 18.5 Å². The van der Waals surface area contributed by atoms with Gasteiger partial charge < -0.3 is 13.7 Å². The largest absolute Gasteiger partial charge is 0.487 e. The van der Waals surface area contributed by atoms with Gasteiger partial charge in [0.1, 0.15) is 11.5 Å². The van der Waals surface area contributed by atoms with E-state index in [2.05, 4.69) is 21.1 Å². The van der Waals surface area contributed by atoms with Crippen LogP contribution in [-0.4, -0.2) is 17.0 Å². The minimum absolute atomic E-state index is 0.000762. The molecule has 5 nitrogen and oxygen atoms in total. The van der Waals surface area contributed by atoms with E-state index in [9.17, 15) is 4.79 Å². The topological polar surface area (TPSA) is 65.5 Å². The van der Waals surface area contributed by atoms with Gasteiger partial charge in [-0.3, -0.25) is 4.79 Å². The van der Waals surface area contributed by atoms with Crippen molar-refractivity contribution in [2.24, 2.45) is 0 Å². The molecule has 0 N–H and O–H groups in total. The Morgan fingerprint density at radius 3 is 2.61 bits per heavy atom. The molecule has 2 aromatic carbocycles. The number of furan rings is 1. The number of rotatable bonds is 5. The third kappa shape index (κ3) is 3.36. The van der Waals surface area contributed by atoms with Gasteiger partial charge in [-0.25, -0.2) is 0 Å². The van der Waals surface area contributed by atoms with Gasteiger partial charge in [0.25, 0.3) is 0 Å². The number of carbonyl (C=O) groups excluding carboxylic acids is 1. The van der Waals surface area contributed by atoms with Gasteiger partial charge in [-0.1, -0.05) is 45.4 Å². The minimum Gasteiger partial charge on any atom is -0.487 e. The molecule has 0 radical (unpaired) electrons. The van der Waals surface area contributed by atoms with Crippen molar-refractivity contribution in [3.63, 3.8) is 0 Å². The smallest absolute Gasteiger partial charge is 0.234 e. The van der Waals surface area contributed by atoms with E-state index in [1.54, 1.807) is 13.0 Å². The first-order chi connectivity index (χ1) is 13.4. The van der Waals surface area contributed by atoms with Crippen molar-refractivity contribution in [1.29, 1.82) is 0 Å². The highest BCUT2D eigenvalue weighted by Gasteiger charge is 2.26. The van der Waals surface area contributed by atoms with Crippen molar-refractivity contribution in [2.75, 3.05) is 0 Å². The van der Waals surface area contributed by atoms with E-state index in [1.807, 2.05) is 56.3 Å². The van der Waals surface area contributed by atoms with Crippen LogP contribution < -0.4 is 4.74 Å². The molecule has 0 spiro atoms. The molecule has 0 amide bonds. The number of fused-ring (bicyclic) bond motifs is 1. The second-order valence-electron chi connectivity index (χ2n) is 6.75. The van der Waals surface area contributed by atoms with E-state index >= 15 is 0 Å². The van der Waals surface area contributed by atoms with E-state index in [-0.39, 0.29) is 17.6 Å². The molecule has 6 heteroatoms. The third-order valence-corrected chi connectivity index (χ3v) is 4.83.